The van der Waals surface area contributed by atoms with E-state index in [-0.39, 0.29) is 11.7 Å². The summed E-state index contributed by atoms with van der Waals surface area (Å²) >= 11 is 0. The zero-order valence-corrected chi connectivity index (χ0v) is 17.3. The number of carbonyl (C=O) groups excluding carboxylic acids is 1. The fourth-order valence-corrected chi connectivity index (χ4v) is 5.92. The van der Waals surface area contributed by atoms with Crippen LogP contribution in [0.3, 0.4) is 0 Å². The zero-order valence-electron chi connectivity index (χ0n) is 16.3. The molecular formula is C22H25N4OP. The van der Waals surface area contributed by atoms with Gasteiger partial charge in [-0.05, 0) is 74.4 Å². The number of imidazole rings is 1. The van der Waals surface area contributed by atoms with E-state index in [9.17, 15) is 4.79 Å². The lowest BCUT2D eigenvalue weighted by molar-refractivity contribution is -0.123. The average molecular weight is 392 g/mol. The predicted octanol–water partition coefficient (Wildman–Crippen LogP) is 3.63. The maximum atomic E-state index is 12.9. The number of aromatic nitrogens is 2. The van der Waals surface area contributed by atoms with Crippen LogP contribution in [0.25, 0.3) is 11.2 Å². The summed E-state index contributed by atoms with van der Waals surface area (Å²) in [5, 5.41) is 1.37. The number of fused-ring (bicyclic) bond motifs is 2. The summed E-state index contributed by atoms with van der Waals surface area (Å²) in [6.07, 6.45) is 14.8. The van der Waals surface area contributed by atoms with E-state index in [0.717, 1.165) is 35.6 Å². The van der Waals surface area contributed by atoms with Crippen LogP contribution in [0.1, 0.15) is 24.1 Å². The van der Waals surface area contributed by atoms with Crippen LogP contribution in [0.4, 0.5) is 0 Å². The highest BCUT2D eigenvalue weighted by molar-refractivity contribution is 7.44. The number of amides is 1. The molecule has 2 unspecified atom stereocenters. The third-order valence-electron chi connectivity index (χ3n) is 5.95. The van der Waals surface area contributed by atoms with Crippen molar-refractivity contribution in [3.05, 3.63) is 65.5 Å². The highest BCUT2D eigenvalue weighted by Gasteiger charge is 2.32. The summed E-state index contributed by atoms with van der Waals surface area (Å²) in [6.45, 7) is 4.26. The Morgan fingerprint density at radius 1 is 1.18 bits per heavy atom. The van der Waals surface area contributed by atoms with Gasteiger partial charge in [0.1, 0.15) is 5.65 Å². The molecule has 0 spiro atoms. The van der Waals surface area contributed by atoms with Gasteiger partial charge >= 0.3 is 0 Å². The number of piperidine rings is 1. The highest BCUT2D eigenvalue weighted by atomic mass is 31.1. The van der Waals surface area contributed by atoms with E-state index < -0.39 is 0 Å². The smallest absolute Gasteiger partial charge is 0.251 e. The van der Waals surface area contributed by atoms with E-state index in [0.29, 0.717) is 14.5 Å². The Balaban J connectivity index is 1.40. The zero-order chi connectivity index (χ0) is 19.3. The third kappa shape index (κ3) is 3.23. The molecule has 2 atom stereocenters. The van der Waals surface area contributed by atoms with Crippen LogP contribution in [0.2, 0.25) is 0 Å². The Morgan fingerprint density at radius 3 is 2.82 bits per heavy atom. The first-order valence-corrected chi connectivity index (χ1v) is 11.0. The fraction of sp³-hybridized carbons (Fsp3) is 0.364. The number of rotatable bonds is 2. The van der Waals surface area contributed by atoms with Crippen LogP contribution in [0.5, 0.6) is 0 Å². The summed E-state index contributed by atoms with van der Waals surface area (Å²) in [5.74, 6) is 0.875. The van der Waals surface area contributed by atoms with Crippen LogP contribution < -0.4 is 0 Å². The fourth-order valence-electron chi connectivity index (χ4n) is 4.31. The van der Waals surface area contributed by atoms with Gasteiger partial charge in [-0.2, -0.15) is 0 Å². The molecule has 2 aromatic rings. The van der Waals surface area contributed by atoms with Crippen molar-refractivity contribution in [2.45, 2.75) is 25.5 Å². The minimum Gasteiger partial charge on any atom is -0.306 e. The SMILES string of the molecule is Cc1cn2cc(C3=CN4C(=O)C=C(C5CCN(C)CC5)PC4C=C3)ccc2n1. The lowest BCUT2D eigenvalue weighted by Crippen LogP contribution is -2.37. The molecule has 6 heteroatoms. The first kappa shape index (κ1) is 17.8. The van der Waals surface area contributed by atoms with Gasteiger partial charge in [0.15, 0.2) is 0 Å². The second-order valence-corrected chi connectivity index (χ2v) is 9.48. The summed E-state index contributed by atoms with van der Waals surface area (Å²) in [6, 6.07) is 4.11. The van der Waals surface area contributed by atoms with E-state index in [4.69, 9.17) is 0 Å². The number of allylic oxidation sites excluding steroid dienone is 3. The van der Waals surface area contributed by atoms with E-state index in [2.05, 4.69) is 41.3 Å². The first-order chi connectivity index (χ1) is 13.6. The molecule has 144 valence electrons. The highest BCUT2D eigenvalue weighted by Crippen LogP contribution is 2.45. The van der Waals surface area contributed by atoms with Crippen molar-refractivity contribution in [1.82, 2.24) is 19.2 Å². The van der Waals surface area contributed by atoms with Crippen molar-refractivity contribution in [3.63, 3.8) is 0 Å². The average Bonchev–Trinajstić information content (AvgIpc) is 3.07. The Bertz CT molecular complexity index is 1030. The largest absolute Gasteiger partial charge is 0.306 e. The Morgan fingerprint density at radius 2 is 2.00 bits per heavy atom. The molecule has 0 aromatic carbocycles. The lowest BCUT2D eigenvalue weighted by atomic mass is 9.96. The van der Waals surface area contributed by atoms with E-state index in [1.165, 1.54) is 18.2 Å². The van der Waals surface area contributed by atoms with Crippen molar-refractivity contribution in [1.29, 1.82) is 0 Å². The van der Waals surface area contributed by atoms with Crippen molar-refractivity contribution < 1.29 is 4.79 Å². The topological polar surface area (TPSA) is 40.9 Å². The number of hydrogen-bond donors (Lipinski definition) is 0. The molecule has 0 saturated carbocycles. The molecule has 2 aromatic heterocycles. The molecule has 1 saturated heterocycles. The number of hydrogen-bond acceptors (Lipinski definition) is 3. The Labute approximate surface area is 167 Å². The molecule has 0 aliphatic carbocycles. The second kappa shape index (κ2) is 6.98. The molecule has 0 N–H and O–H groups in total. The van der Waals surface area contributed by atoms with Crippen molar-refractivity contribution in [2.75, 3.05) is 20.1 Å². The summed E-state index contributed by atoms with van der Waals surface area (Å²) in [4.78, 5) is 21.7. The summed E-state index contributed by atoms with van der Waals surface area (Å²) in [7, 11) is 2.85. The number of likely N-dealkylation sites (tertiary alicyclic amines) is 1. The van der Waals surface area contributed by atoms with Gasteiger partial charge in [0.25, 0.3) is 5.91 Å². The van der Waals surface area contributed by atoms with Gasteiger partial charge in [0.2, 0.25) is 0 Å². The van der Waals surface area contributed by atoms with Crippen LogP contribution >= 0.6 is 8.58 Å². The van der Waals surface area contributed by atoms with E-state index >= 15 is 0 Å². The molecule has 0 radical (unpaired) electrons. The number of pyridine rings is 1. The minimum absolute atomic E-state index is 0.124. The normalized spacial score (nSPS) is 24.6. The van der Waals surface area contributed by atoms with Gasteiger partial charge in [0.05, 0.1) is 11.5 Å². The van der Waals surface area contributed by atoms with Crippen LogP contribution in [-0.4, -0.2) is 51.0 Å². The molecule has 3 aliphatic rings. The van der Waals surface area contributed by atoms with Gasteiger partial charge in [-0.1, -0.05) is 20.7 Å². The maximum Gasteiger partial charge on any atom is 0.251 e. The lowest BCUT2D eigenvalue weighted by Gasteiger charge is -2.38. The molecule has 0 bridgehead atoms. The van der Waals surface area contributed by atoms with E-state index in [1.807, 2.05) is 40.8 Å². The third-order valence-corrected chi connectivity index (χ3v) is 7.60. The molecule has 3 aliphatic heterocycles. The van der Waals surface area contributed by atoms with Crippen molar-refractivity contribution in [2.24, 2.45) is 5.92 Å². The van der Waals surface area contributed by atoms with Gasteiger partial charge in [-0.25, -0.2) is 4.98 Å². The molecule has 1 fully saturated rings. The summed E-state index contributed by atoms with van der Waals surface area (Å²) in [5.41, 5.74) is 4.12. The first-order valence-electron chi connectivity index (χ1n) is 9.91. The minimum atomic E-state index is 0.124. The van der Waals surface area contributed by atoms with Gasteiger partial charge in [-0.3, -0.25) is 4.79 Å². The van der Waals surface area contributed by atoms with Crippen LogP contribution in [-0.2, 0) is 4.79 Å². The number of carbonyl (C=O) groups is 1. The molecule has 5 rings (SSSR count). The monoisotopic (exact) mass is 392 g/mol. The van der Waals surface area contributed by atoms with Crippen LogP contribution in [0, 0.1) is 12.8 Å². The van der Waals surface area contributed by atoms with Crippen molar-refractivity contribution >= 4 is 25.7 Å². The Hall–Kier alpha value is -2.23. The van der Waals surface area contributed by atoms with Crippen LogP contribution in [0.15, 0.2) is 54.3 Å². The molecule has 28 heavy (non-hydrogen) atoms. The van der Waals surface area contributed by atoms with Gasteiger partial charge in [-0.15, -0.1) is 0 Å². The quantitative estimate of drug-likeness (QED) is 0.733. The maximum absolute atomic E-state index is 12.9. The summed E-state index contributed by atoms with van der Waals surface area (Å²) < 4.78 is 2.04. The molecule has 1 amide bonds. The molecular weight excluding hydrogens is 367 g/mol. The Kier molecular flexibility index (Phi) is 4.45. The molecule has 5 nitrogen and oxygen atoms in total. The van der Waals surface area contributed by atoms with Crippen molar-refractivity contribution in [3.8, 4) is 0 Å². The number of nitrogens with zero attached hydrogens (tertiary/aromatic N) is 4. The molecule has 5 heterocycles. The van der Waals surface area contributed by atoms with Gasteiger partial charge < -0.3 is 14.2 Å². The van der Waals surface area contributed by atoms with E-state index in [1.54, 1.807) is 0 Å². The predicted molar refractivity (Wildman–Crippen MR) is 114 cm³/mol. The number of aryl methyl sites for hydroxylation is 1. The second-order valence-electron chi connectivity index (χ2n) is 8.02. The van der Waals surface area contributed by atoms with Gasteiger partial charge in [0, 0.05) is 24.7 Å². The standard InChI is InChI=1S/C22H25N4OP/c1-15-12-25-13-17(3-5-20(25)23-15)18-4-6-22-26(14-18)21(27)11-19(28-22)16-7-9-24(2)10-8-16/h3-6,11-14,16,22,28H,7-10H2,1-2H3.